The van der Waals surface area contributed by atoms with Crippen molar-refractivity contribution in [1.29, 1.82) is 0 Å². The van der Waals surface area contributed by atoms with Gasteiger partial charge in [0.1, 0.15) is 11.6 Å². The van der Waals surface area contributed by atoms with Crippen molar-refractivity contribution in [2.75, 3.05) is 6.54 Å². The fourth-order valence-electron chi connectivity index (χ4n) is 1.09. The molecule has 0 radical (unpaired) electrons. The van der Waals surface area contributed by atoms with Gasteiger partial charge in [0.15, 0.2) is 0 Å². The third kappa shape index (κ3) is 3.40. The summed E-state index contributed by atoms with van der Waals surface area (Å²) in [7, 11) is 0. The lowest BCUT2D eigenvalue weighted by Gasteiger charge is -2.10. The van der Waals surface area contributed by atoms with Gasteiger partial charge in [-0.1, -0.05) is 0 Å². The Hall–Kier alpha value is -1.00. The zero-order valence-corrected chi connectivity index (χ0v) is 8.06. The van der Waals surface area contributed by atoms with Crippen molar-refractivity contribution in [1.82, 2.24) is 5.32 Å². The minimum atomic E-state index is -0.554. The first-order valence-corrected chi connectivity index (χ1v) is 4.50. The predicted octanol–water partition coefficient (Wildman–Crippen LogP) is 1.40. The Kier molecular flexibility index (Phi) is 3.98. The second kappa shape index (κ2) is 5.02. The summed E-state index contributed by atoms with van der Waals surface area (Å²) < 4.78 is 25.5. The van der Waals surface area contributed by atoms with E-state index in [0.717, 1.165) is 6.07 Å². The van der Waals surface area contributed by atoms with Crippen LogP contribution in [0.2, 0.25) is 0 Å². The quantitative estimate of drug-likeness (QED) is 0.771. The van der Waals surface area contributed by atoms with Gasteiger partial charge in [-0.25, -0.2) is 8.78 Å². The highest BCUT2D eigenvalue weighted by molar-refractivity contribution is 5.17. The Labute approximate surface area is 82.1 Å². The Morgan fingerprint density at radius 2 is 1.86 bits per heavy atom. The molecule has 14 heavy (non-hydrogen) atoms. The summed E-state index contributed by atoms with van der Waals surface area (Å²) in [6.07, 6.45) is 0. The van der Waals surface area contributed by atoms with Gasteiger partial charge < -0.3 is 11.1 Å². The topological polar surface area (TPSA) is 38.0 Å². The van der Waals surface area contributed by atoms with Gasteiger partial charge >= 0.3 is 0 Å². The molecule has 78 valence electrons. The number of nitrogens with two attached hydrogens (primary N) is 1. The van der Waals surface area contributed by atoms with Crippen LogP contribution in [0.5, 0.6) is 0 Å². The van der Waals surface area contributed by atoms with Crippen molar-refractivity contribution in [3.8, 4) is 0 Å². The maximum absolute atomic E-state index is 12.7. The van der Waals surface area contributed by atoms with Crippen LogP contribution in [-0.2, 0) is 6.54 Å². The van der Waals surface area contributed by atoms with Crippen LogP contribution in [0, 0.1) is 11.6 Å². The maximum Gasteiger partial charge on any atom is 0.126 e. The molecular weight excluding hydrogens is 186 g/mol. The van der Waals surface area contributed by atoms with Crippen molar-refractivity contribution in [3.05, 3.63) is 35.4 Å². The van der Waals surface area contributed by atoms with Gasteiger partial charge in [-0.15, -0.1) is 0 Å². The number of benzene rings is 1. The highest BCUT2D eigenvalue weighted by Crippen LogP contribution is 2.07. The molecule has 4 heteroatoms. The van der Waals surface area contributed by atoms with Gasteiger partial charge in [-0.3, -0.25) is 0 Å². The summed E-state index contributed by atoms with van der Waals surface area (Å²) in [5, 5.41) is 3.04. The van der Waals surface area contributed by atoms with Gasteiger partial charge in [0.25, 0.3) is 0 Å². The normalized spacial score (nSPS) is 12.9. The van der Waals surface area contributed by atoms with E-state index in [4.69, 9.17) is 5.73 Å². The summed E-state index contributed by atoms with van der Waals surface area (Å²) in [5.74, 6) is -1.11. The Morgan fingerprint density at radius 1 is 1.29 bits per heavy atom. The minimum absolute atomic E-state index is 0.140. The van der Waals surface area contributed by atoms with E-state index in [-0.39, 0.29) is 6.04 Å². The van der Waals surface area contributed by atoms with E-state index in [0.29, 0.717) is 18.7 Å². The molecule has 0 aliphatic rings. The molecule has 3 N–H and O–H groups in total. The number of nitrogens with one attached hydrogen (secondary N) is 1. The summed E-state index contributed by atoms with van der Waals surface area (Å²) in [4.78, 5) is 0. The number of halogens is 2. The van der Waals surface area contributed by atoms with Crippen LogP contribution in [0.25, 0.3) is 0 Å². The first-order valence-electron chi connectivity index (χ1n) is 4.50. The highest BCUT2D eigenvalue weighted by Gasteiger charge is 2.02. The molecule has 0 aliphatic heterocycles. The molecule has 1 unspecified atom stereocenters. The SMILES string of the molecule is CC(CN)NCc1cc(F)cc(F)c1. The second-order valence-electron chi connectivity index (χ2n) is 3.30. The summed E-state index contributed by atoms with van der Waals surface area (Å²) in [5.41, 5.74) is 5.97. The fraction of sp³-hybridized carbons (Fsp3) is 0.400. The Morgan fingerprint density at radius 3 is 2.36 bits per heavy atom. The largest absolute Gasteiger partial charge is 0.329 e. The van der Waals surface area contributed by atoms with Gasteiger partial charge in [0.2, 0.25) is 0 Å². The minimum Gasteiger partial charge on any atom is -0.329 e. The second-order valence-corrected chi connectivity index (χ2v) is 3.30. The standard InChI is InChI=1S/C10H14F2N2/c1-7(5-13)14-6-8-2-9(11)4-10(12)3-8/h2-4,7,14H,5-6,13H2,1H3. The summed E-state index contributed by atoms with van der Waals surface area (Å²) in [6.45, 7) is 2.83. The number of hydrogen-bond donors (Lipinski definition) is 2. The van der Waals surface area contributed by atoms with E-state index in [1.165, 1.54) is 12.1 Å². The van der Waals surface area contributed by atoms with Gasteiger partial charge in [-0.2, -0.15) is 0 Å². The van der Waals surface area contributed by atoms with Crippen LogP contribution in [0.3, 0.4) is 0 Å². The molecule has 0 saturated carbocycles. The van der Waals surface area contributed by atoms with Gasteiger partial charge in [-0.05, 0) is 24.6 Å². The molecule has 0 fully saturated rings. The first-order chi connectivity index (χ1) is 6.61. The van der Waals surface area contributed by atoms with E-state index in [2.05, 4.69) is 5.32 Å². The van der Waals surface area contributed by atoms with E-state index in [1.807, 2.05) is 6.92 Å². The number of rotatable bonds is 4. The van der Waals surface area contributed by atoms with Crippen LogP contribution in [-0.4, -0.2) is 12.6 Å². The van der Waals surface area contributed by atoms with E-state index >= 15 is 0 Å². The molecule has 1 atom stereocenters. The molecule has 0 saturated heterocycles. The molecule has 0 aromatic heterocycles. The molecule has 0 spiro atoms. The van der Waals surface area contributed by atoms with Gasteiger partial charge in [0.05, 0.1) is 0 Å². The van der Waals surface area contributed by atoms with Crippen molar-refractivity contribution in [2.45, 2.75) is 19.5 Å². The van der Waals surface area contributed by atoms with Crippen LogP contribution in [0.1, 0.15) is 12.5 Å². The summed E-state index contributed by atoms with van der Waals surface area (Å²) in [6, 6.07) is 3.61. The highest BCUT2D eigenvalue weighted by atomic mass is 19.1. The third-order valence-electron chi connectivity index (χ3n) is 1.93. The van der Waals surface area contributed by atoms with Crippen LogP contribution < -0.4 is 11.1 Å². The molecular formula is C10H14F2N2. The van der Waals surface area contributed by atoms with Crippen molar-refractivity contribution in [2.24, 2.45) is 5.73 Å². The monoisotopic (exact) mass is 200 g/mol. The Bertz CT molecular complexity index is 282. The molecule has 2 nitrogen and oxygen atoms in total. The van der Waals surface area contributed by atoms with Crippen molar-refractivity contribution < 1.29 is 8.78 Å². The molecule has 1 aromatic carbocycles. The molecule has 1 aromatic rings. The maximum atomic E-state index is 12.7. The lowest BCUT2D eigenvalue weighted by Crippen LogP contribution is -2.32. The molecule has 0 amide bonds. The fourth-order valence-corrected chi connectivity index (χ4v) is 1.09. The van der Waals surface area contributed by atoms with E-state index in [9.17, 15) is 8.78 Å². The molecule has 0 aliphatic carbocycles. The molecule has 0 bridgehead atoms. The Balaban J connectivity index is 2.58. The van der Waals surface area contributed by atoms with E-state index < -0.39 is 11.6 Å². The average Bonchev–Trinajstić information content (AvgIpc) is 2.12. The average molecular weight is 200 g/mol. The first kappa shape index (κ1) is 11.1. The molecule has 1 rings (SSSR count). The van der Waals surface area contributed by atoms with Gasteiger partial charge in [0, 0.05) is 25.2 Å². The lowest BCUT2D eigenvalue weighted by molar-refractivity contribution is 0.544. The van der Waals surface area contributed by atoms with Crippen molar-refractivity contribution in [3.63, 3.8) is 0 Å². The third-order valence-corrected chi connectivity index (χ3v) is 1.93. The van der Waals surface area contributed by atoms with Crippen molar-refractivity contribution >= 4 is 0 Å². The summed E-state index contributed by atoms with van der Waals surface area (Å²) >= 11 is 0. The number of hydrogen-bond acceptors (Lipinski definition) is 2. The van der Waals surface area contributed by atoms with Crippen LogP contribution >= 0.6 is 0 Å². The smallest absolute Gasteiger partial charge is 0.126 e. The molecule has 0 heterocycles. The zero-order valence-electron chi connectivity index (χ0n) is 8.06. The van der Waals surface area contributed by atoms with Crippen LogP contribution in [0.4, 0.5) is 8.78 Å². The lowest BCUT2D eigenvalue weighted by atomic mass is 10.2. The van der Waals surface area contributed by atoms with E-state index in [1.54, 1.807) is 0 Å². The van der Waals surface area contributed by atoms with Crippen LogP contribution in [0.15, 0.2) is 18.2 Å². The predicted molar refractivity (Wildman–Crippen MR) is 51.7 cm³/mol. The zero-order chi connectivity index (χ0) is 10.6.